The SMILES string of the molecule is CCOC(C(=O)c1ccc(Cl)s1)C1CCCCC1. The molecule has 0 amide bonds. The highest BCUT2D eigenvalue weighted by atomic mass is 35.5. The monoisotopic (exact) mass is 286 g/mol. The van der Waals surface area contributed by atoms with Crippen LogP contribution in [0.1, 0.15) is 48.7 Å². The van der Waals surface area contributed by atoms with Gasteiger partial charge in [0.2, 0.25) is 5.78 Å². The average molecular weight is 287 g/mol. The van der Waals surface area contributed by atoms with E-state index in [-0.39, 0.29) is 11.9 Å². The summed E-state index contributed by atoms with van der Waals surface area (Å²) in [7, 11) is 0. The van der Waals surface area contributed by atoms with Crippen molar-refractivity contribution in [2.75, 3.05) is 6.61 Å². The first kappa shape index (κ1) is 14.0. The predicted molar refractivity (Wildman–Crippen MR) is 75.6 cm³/mol. The Labute approximate surface area is 117 Å². The van der Waals surface area contributed by atoms with Crippen LogP contribution in [0.25, 0.3) is 0 Å². The maximum atomic E-state index is 12.5. The molecule has 1 aliphatic carbocycles. The van der Waals surface area contributed by atoms with E-state index in [1.807, 2.05) is 13.0 Å². The van der Waals surface area contributed by atoms with E-state index >= 15 is 0 Å². The molecule has 0 aromatic carbocycles. The van der Waals surface area contributed by atoms with Crippen molar-refractivity contribution in [3.8, 4) is 0 Å². The van der Waals surface area contributed by atoms with Crippen LogP contribution < -0.4 is 0 Å². The van der Waals surface area contributed by atoms with Gasteiger partial charge in [0.15, 0.2) is 0 Å². The Balaban J connectivity index is 2.10. The third-order valence-electron chi connectivity index (χ3n) is 3.50. The first-order valence-corrected chi connectivity index (χ1v) is 7.83. The van der Waals surface area contributed by atoms with E-state index in [0.29, 0.717) is 16.9 Å². The number of carbonyl (C=O) groups excluding carboxylic acids is 1. The Bertz CT molecular complexity index is 396. The second-order valence-corrected chi connectivity index (χ2v) is 6.46. The van der Waals surface area contributed by atoms with Gasteiger partial charge in [0.25, 0.3) is 0 Å². The van der Waals surface area contributed by atoms with Gasteiger partial charge in [-0.3, -0.25) is 4.79 Å². The van der Waals surface area contributed by atoms with Gasteiger partial charge in [0.05, 0.1) is 9.21 Å². The second-order valence-electron chi connectivity index (χ2n) is 4.74. The largest absolute Gasteiger partial charge is 0.370 e. The molecule has 18 heavy (non-hydrogen) atoms. The minimum absolute atomic E-state index is 0.112. The minimum Gasteiger partial charge on any atom is -0.370 e. The molecule has 1 fully saturated rings. The number of ketones is 1. The normalized spacial score (nSPS) is 18.8. The number of hydrogen-bond acceptors (Lipinski definition) is 3. The molecule has 100 valence electrons. The molecule has 1 saturated carbocycles. The Morgan fingerprint density at radius 3 is 2.72 bits per heavy atom. The quantitative estimate of drug-likeness (QED) is 0.741. The summed E-state index contributed by atoms with van der Waals surface area (Å²) in [6.07, 6.45) is 5.66. The Kier molecular flexibility index (Phi) is 5.22. The van der Waals surface area contributed by atoms with Crippen molar-refractivity contribution in [1.82, 2.24) is 0 Å². The van der Waals surface area contributed by atoms with Gasteiger partial charge in [-0.2, -0.15) is 0 Å². The molecule has 0 radical (unpaired) electrons. The molecule has 0 saturated heterocycles. The van der Waals surface area contributed by atoms with E-state index in [4.69, 9.17) is 16.3 Å². The number of halogens is 1. The lowest BCUT2D eigenvalue weighted by Crippen LogP contribution is -2.33. The third kappa shape index (κ3) is 3.34. The first-order valence-electron chi connectivity index (χ1n) is 6.63. The molecule has 4 heteroatoms. The molecule has 0 aliphatic heterocycles. The van der Waals surface area contributed by atoms with Crippen LogP contribution >= 0.6 is 22.9 Å². The lowest BCUT2D eigenvalue weighted by Gasteiger charge is -2.28. The summed E-state index contributed by atoms with van der Waals surface area (Å²) >= 11 is 7.25. The van der Waals surface area contributed by atoms with Gasteiger partial charge in [-0.15, -0.1) is 11.3 Å². The van der Waals surface area contributed by atoms with E-state index in [9.17, 15) is 4.79 Å². The van der Waals surface area contributed by atoms with Crippen molar-refractivity contribution in [1.29, 1.82) is 0 Å². The van der Waals surface area contributed by atoms with Gasteiger partial charge in [0.1, 0.15) is 6.10 Å². The molecule has 0 spiro atoms. The number of ether oxygens (including phenoxy) is 1. The Hall–Kier alpha value is -0.380. The zero-order valence-corrected chi connectivity index (χ0v) is 12.2. The van der Waals surface area contributed by atoms with Crippen LogP contribution in [-0.2, 0) is 4.74 Å². The smallest absolute Gasteiger partial charge is 0.201 e. The van der Waals surface area contributed by atoms with E-state index in [2.05, 4.69) is 0 Å². The molecule has 1 aliphatic rings. The molecule has 1 aromatic heterocycles. The number of hydrogen-bond donors (Lipinski definition) is 0. The van der Waals surface area contributed by atoms with Crippen molar-refractivity contribution < 1.29 is 9.53 Å². The summed E-state index contributed by atoms with van der Waals surface area (Å²) in [6.45, 7) is 2.54. The van der Waals surface area contributed by atoms with Crippen LogP contribution in [0.3, 0.4) is 0 Å². The number of rotatable bonds is 5. The maximum Gasteiger partial charge on any atom is 0.201 e. The van der Waals surface area contributed by atoms with Gasteiger partial charge in [-0.05, 0) is 37.8 Å². The highest BCUT2D eigenvalue weighted by molar-refractivity contribution is 7.18. The summed E-state index contributed by atoms with van der Waals surface area (Å²) in [5, 5.41) is 0. The van der Waals surface area contributed by atoms with E-state index in [1.54, 1.807) is 6.07 Å². The van der Waals surface area contributed by atoms with Gasteiger partial charge in [0, 0.05) is 6.61 Å². The van der Waals surface area contributed by atoms with Crippen LogP contribution in [0, 0.1) is 5.92 Å². The van der Waals surface area contributed by atoms with Crippen molar-refractivity contribution in [3.63, 3.8) is 0 Å². The van der Waals surface area contributed by atoms with Crippen LogP contribution in [0.5, 0.6) is 0 Å². The topological polar surface area (TPSA) is 26.3 Å². The molecule has 2 nitrogen and oxygen atoms in total. The second kappa shape index (κ2) is 6.69. The number of Topliss-reactive ketones (excluding diaryl/α,β-unsaturated/α-hetero) is 1. The van der Waals surface area contributed by atoms with Gasteiger partial charge >= 0.3 is 0 Å². The molecular formula is C14H19ClO2S. The van der Waals surface area contributed by atoms with Crippen molar-refractivity contribution in [2.24, 2.45) is 5.92 Å². The maximum absolute atomic E-state index is 12.5. The summed E-state index contributed by atoms with van der Waals surface area (Å²) in [6, 6.07) is 3.59. The van der Waals surface area contributed by atoms with Crippen LogP contribution in [-0.4, -0.2) is 18.5 Å². The molecule has 0 bridgehead atoms. The minimum atomic E-state index is -0.273. The van der Waals surface area contributed by atoms with Gasteiger partial charge < -0.3 is 4.74 Å². The van der Waals surface area contributed by atoms with Gasteiger partial charge in [-0.25, -0.2) is 0 Å². The summed E-state index contributed by atoms with van der Waals surface area (Å²) in [4.78, 5) is 13.2. The highest BCUT2D eigenvalue weighted by Crippen LogP contribution is 2.31. The average Bonchev–Trinajstić information content (AvgIpc) is 2.83. The first-order chi connectivity index (χ1) is 8.72. The lowest BCUT2D eigenvalue weighted by atomic mass is 9.83. The number of carbonyl (C=O) groups is 1. The fraction of sp³-hybridized carbons (Fsp3) is 0.643. The predicted octanol–water partition coefficient (Wildman–Crippen LogP) is 4.57. The van der Waals surface area contributed by atoms with Crippen molar-refractivity contribution in [3.05, 3.63) is 21.3 Å². The molecule has 1 unspecified atom stereocenters. The standard InChI is InChI=1S/C14H19ClO2S/c1-2-17-14(10-6-4-3-5-7-10)13(16)11-8-9-12(15)18-11/h8-10,14H,2-7H2,1H3. The van der Waals surface area contributed by atoms with Crippen LogP contribution in [0.4, 0.5) is 0 Å². The molecule has 1 heterocycles. The van der Waals surface area contributed by atoms with E-state index < -0.39 is 0 Å². The summed E-state index contributed by atoms with van der Waals surface area (Å²) in [5.74, 6) is 0.493. The Morgan fingerprint density at radius 1 is 1.44 bits per heavy atom. The van der Waals surface area contributed by atoms with E-state index in [1.165, 1.54) is 30.6 Å². The summed E-state index contributed by atoms with van der Waals surface area (Å²) < 4.78 is 6.39. The molecule has 2 rings (SSSR count). The van der Waals surface area contributed by atoms with Crippen molar-refractivity contribution in [2.45, 2.75) is 45.1 Å². The zero-order chi connectivity index (χ0) is 13.0. The highest BCUT2D eigenvalue weighted by Gasteiger charge is 2.31. The number of thiophene rings is 1. The zero-order valence-electron chi connectivity index (χ0n) is 10.7. The fourth-order valence-corrected chi connectivity index (χ4v) is 3.64. The molecular weight excluding hydrogens is 268 g/mol. The van der Waals surface area contributed by atoms with Crippen molar-refractivity contribution >= 4 is 28.7 Å². The fourth-order valence-electron chi connectivity index (χ4n) is 2.63. The van der Waals surface area contributed by atoms with Gasteiger partial charge in [-0.1, -0.05) is 30.9 Å². The lowest BCUT2D eigenvalue weighted by molar-refractivity contribution is 0.0130. The molecule has 1 aromatic rings. The third-order valence-corrected chi connectivity index (χ3v) is 4.74. The molecule has 1 atom stereocenters. The molecule has 0 N–H and O–H groups in total. The van der Waals surface area contributed by atoms with E-state index in [0.717, 1.165) is 17.7 Å². The van der Waals surface area contributed by atoms with Crippen LogP contribution in [0.15, 0.2) is 12.1 Å². The van der Waals surface area contributed by atoms with Crippen LogP contribution in [0.2, 0.25) is 4.34 Å². The Morgan fingerprint density at radius 2 is 2.17 bits per heavy atom. The summed E-state index contributed by atoms with van der Waals surface area (Å²) in [5.41, 5.74) is 0.